The molecule has 1 heterocycles. The Morgan fingerprint density at radius 1 is 1.00 bits per heavy atom. The van der Waals surface area contributed by atoms with Gasteiger partial charge in [-0.05, 0) is 66.9 Å². The van der Waals surface area contributed by atoms with Gasteiger partial charge in [0, 0.05) is 24.5 Å². The van der Waals surface area contributed by atoms with Crippen LogP contribution in [0.3, 0.4) is 0 Å². The number of nitrogens with one attached hydrogen (secondary N) is 2. The molecule has 1 fully saturated rings. The van der Waals surface area contributed by atoms with E-state index in [0.717, 1.165) is 25.9 Å². The van der Waals surface area contributed by atoms with Crippen LogP contribution in [0.15, 0.2) is 71.6 Å². The minimum Gasteiger partial charge on any atom is -0.497 e. The molecule has 9 heteroatoms. The van der Waals surface area contributed by atoms with Crippen molar-refractivity contribution in [3.63, 3.8) is 0 Å². The number of carbonyl (C=O) groups is 1. The molecule has 1 saturated heterocycles. The van der Waals surface area contributed by atoms with Gasteiger partial charge in [0.05, 0.1) is 19.2 Å². The number of hydrogen-bond donors (Lipinski definition) is 2. The third-order valence-electron chi connectivity index (χ3n) is 5.63. The van der Waals surface area contributed by atoms with E-state index in [1.165, 1.54) is 19.2 Å². The van der Waals surface area contributed by atoms with Gasteiger partial charge in [-0.1, -0.05) is 18.2 Å². The van der Waals surface area contributed by atoms with Crippen LogP contribution in [0.1, 0.15) is 18.4 Å². The van der Waals surface area contributed by atoms with E-state index in [1.54, 1.807) is 54.6 Å². The predicted molar refractivity (Wildman–Crippen MR) is 130 cm³/mol. The normalized spacial score (nSPS) is 13.5. The van der Waals surface area contributed by atoms with Crippen molar-refractivity contribution in [3.8, 4) is 5.75 Å². The lowest BCUT2D eigenvalue weighted by Gasteiger charge is -2.22. The molecule has 0 atom stereocenters. The summed E-state index contributed by atoms with van der Waals surface area (Å²) in [5.41, 5.74) is 1.55. The highest BCUT2D eigenvalue weighted by atomic mass is 32.2. The Balaban J connectivity index is 1.61. The van der Waals surface area contributed by atoms with E-state index in [9.17, 15) is 17.6 Å². The second-order valence-electron chi connectivity index (χ2n) is 8.03. The molecule has 0 aliphatic carbocycles. The molecule has 0 aromatic heterocycles. The first-order chi connectivity index (χ1) is 16.4. The molecule has 2 N–H and O–H groups in total. The summed E-state index contributed by atoms with van der Waals surface area (Å²) in [5.74, 6) is -0.292. The van der Waals surface area contributed by atoms with Crippen LogP contribution in [-0.2, 0) is 21.2 Å². The first kappa shape index (κ1) is 23.6. The van der Waals surface area contributed by atoms with E-state index in [4.69, 9.17) is 4.74 Å². The minimum absolute atomic E-state index is 0.0638. The van der Waals surface area contributed by atoms with Crippen molar-refractivity contribution >= 4 is 33.0 Å². The molecule has 0 unspecified atom stereocenters. The summed E-state index contributed by atoms with van der Waals surface area (Å²) in [6, 6.07) is 17.4. The Bertz CT molecular complexity index is 1270. The van der Waals surface area contributed by atoms with Gasteiger partial charge in [-0.2, -0.15) is 0 Å². The highest BCUT2D eigenvalue weighted by Crippen LogP contribution is 2.32. The second-order valence-corrected chi connectivity index (χ2v) is 9.68. The van der Waals surface area contributed by atoms with Crippen molar-refractivity contribution in [2.45, 2.75) is 24.2 Å². The number of nitrogens with zero attached hydrogens (tertiary/aromatic N) is 1. The van der Waals surface area contributed by atoms with Gasteiger partial charge in [0.2, 0.25) is 5.91 Å². The maximum absolute atomic E-state index is 13.9. The molecular weight excluding hydrogens is 457 g/mol. The summed E-state index contributed by atoms with van der Waals surface area (Å²) in [4.78, 5) is 14.6. The molecule has 34 heavy (non-hydrogen) atoms. The topological polar surface area (TPSA) is 87.7 Å². The Morgan fingerprint density at radius 2 is 1.68 bits per heavy atom. The van der Waals surface area contributed by atoms with E-state index >= 15 is 0 Å². The monoisotopic (exact) mass is 483 g/mol. The van der Waals surface area contributed by atoms with Crippen LogP contribution < -0.4 is 19.7 Å². The number of rotatable bonds is 8. The molecule has 1 aliphatic heterocycles. The van der Waals surface area contributed by atoms with Gasteiger partial charge >= 0.3 is 0 Å². The zero-order chi connectivity index (χ0) is 24.1. The van der Waals surface area contributed by atoms with E-state index in [2.05, 4.69) is 10.0 Å². The zero-order valence-electron chi connectivity index (χ0n) is 18.8. The molecule has 7 nitrogen and oxygen atoms in total. The van der Waals surface area contributed by atoms with Crippen molar-refractivity contribution in [3.05, 3.63) is 78.1 Å². The quantitative estimate of drug-likeness (QED) is 0.495. The fraction of sp³-hybridized carbons (Fsp3) is 0.240. The molecule has 1 aliphatic rings. The molecule has 0 spiro atoms. The van der Waals surface area contributed by atoms with Crippen LogP contribution in [0.4, 0.5) is 21.5 Å². The fourth-order valence-corrected chi connectivity index (χ4v) is 5.23. The molecule has 4 rings (SSSR count). The molecular formula is C25H26FN3O4S. The van der Waals surface area contributed by atoms with Crippen LogP contribution in [0.2, 0.25) is 0 Å². The van der Waals surface area contributed by atoms with Gasteiger partial charge in [-0.15, -0.1) is 0 Å². The molecule has 0 radical (unpaired) electrons. The molecule has 3 aromatic rings. The van der Waals surface area contributed by atoms with Gasteiger partial charge in [0.1, 0.15) is 16.5 Å². The van der Waals surface area contributed by atoms with Crippen molar-refractivity contribution in [2.75, 3.05) is 35.1 Å². The number of hydrogen-bond acceptors (Lipinski definition) is 5. The number of ether oxygens (including phenoxy) is 1. The average molecular weight is 484 g/mol. The van der Waals surface area contributed by atoms with Crippen molar-refractivity contribution < 1.29 is 22.3 Å². The van der Waals surface area contributed by atoms with E-state index in [-0.39, 0.29) is 16.9 Å². The first-order valence-electron chi connectivity index (χ1n) is 10.9. The minimum atomic E-state index is -3.97. The lowest BCUT2D eigenvalue weighted by Crippen LogP contribution is -2.23. The maximum Gasteiger partial charge on any atom is 0.264 e. The Hall–Kier alpha value is -3.59. The lowest BCUT2D eigenvalue weighted by molar-refractivity contribution is -0.115. The summed E-state index contributed by atoms with van der Waals surface area (Å²) >= 11 is 0. The fourth-order valence-electron chi connectivity index (χ4n) is 3.92. The van der Waals surface area contributed by atoms with E-state index < -0.39 is 21.7 Å². The van der Waals surface area contributed by atoms with Gasteiger partial charge in [0.25, 0.3) is 10.0 Å². The van der Waals surface area contributed by atoms with Crippen LogP contribution in [0, 0.1) is 5.82 Å². The highest BCUT2D eigenvalue weighted by Gasteiger charge is 2.25. The highest BCUT2D eigenvalue weighted by molar-refractivity contribution is 7.92. The van der Waals surface area contributed by atoms with Crippen molar-refractivity contribution in [2.24, 2.45) is 0 Å². The average Bonchev–Trinajstić information content (AvgIpc) is 3.36. The SMILES string of the molecule is COc1ccc(NS(=O)(=O)c2cc(NC(=O)Cc3ccccc3F)ccc2N2CCCC2)cc1. The summed E-state index contributed by atoms with van der Waals surface area (Å²) < 4.78 is 48.4. The van der Waals surface area contributed by atoms with Gasteiger partial charge < -0.3 is 15.0 Å². The number of amides is 1. The Morgan fingerprint density at radius 3 is 2.35 bits per heavy atom. The maximum atomic E-state index is 13.9. The van der Waals surface area contributed by atoms with Gasteiger partial charge in [-0.25, -0.2) is 12.8 Å². The zero-order valence-corrected chi connectivity index (χ0v) is 19.6. The molecule has 0 saturated carbocycles. The summed E-state index contributed by atoms with van der Waals surface area (Å²) in [5, 5.41) is 2.69. The van der Waals surface area contributed by atoms with Crippen LogP contribution in [0.25, 0.3) is 0 Å². The van der Waals surface area contributed by atoms with E-state index in [0.29, 0.717) is 22.8 Å². The Kier molecular flexibility index (Phi) is 7.02. The third kappa shape index (κ3) is 5.48. The van der Waals surface area contributed by atoms with Crippen LogP contribution >= 0.6 is 0 Å². The van der Waals surface area contributed by atoms with Crippen LogP contribution in [-0.4, -0.2) is 34.5 Å². The Labute approximate surface area is 198 Å². The van der Waals surface area contributed by atoms with Crippen LogP contribution in [0.5, 0.6) is 5.75 Å². The summed E-state index contributed by atoms with van der Waals surface area (Å²) in [6.45, 7) is 1.51. The first-order valence-corrected chi connectivity index (χ1v) is 12.4. The predicted octanol–water partition coefficient (Wildman–Crippen LogP) is 4.42. The van der Waals surface area contributed by atoms with Gasteiger partial charge in [0.15, 0.2) is 0 Å². The molecule has 1 amide bonds. The van der Waals surface area contributed by atoms with Crippen molar-refractivity contribution in [1.29, 1.82) is 0 Å². The van der Waals surface area contributed by atoms with Gasteiger partial charge in [-0.3, -0.25) is 9.52 Å². The molecule has 3 aromatic carbocycles. The third-order valence-corrected chi connectivity index (χ3v) is 7.04. The summed E-state index contributed by atoms with van der Waals surface area (Å²) in [6.07, 6.45) is 1.80. The largest absolute Gasteiger partial charge is 0.497 e. The summed E-state index contributed by atoms with van der Waals surface area (Å²) in [7, 11) is -2.43. The number of carbonyl (C=O) groups excluding carboxylic acids is 1. The molecule has 178 valence electrons. The smallest absolute Gasteiger partial charge is 0.264 e. The van der Waals surface area contributed by atoms with E-state index in [1.807, 2.05) is 4.90 Å². The lowest BCUT2D eigenvalue weighted by atomic mass is 10.1. The number of methoxy groups -OCH3 is 1. The second kappa shape index (κ2) is 10.1. The standard InChI is InChI=1S/C25H26FN3O4S/c1-33-21-11-8-19(9-12-21)28-34(31,32)24-17-20(10-13-23(24)29-14-4-5-15-29)27-25(30)16-18-6-2-3-7-22(18)26/h2-3,6-13,17,28H,4-5,14-16H2,1H3,(H,27,30). The molecule has 0 bridgehead atoms. The number of anilines is 3. The number of benzene rings is 3. The number of sulfonamides is 1. The number of halogens is 1. The van der Waals surface area contributed by atoms with Crippen molar-refractivity contribution in [1.82, 2.24) is 0 Å².